The van der Waals surface area contributed by atoms with E-state index in [2.05, 4.69) is 4.98 Å². The van der Waals surface area contributed by atoms with Crippen molar-refractivity contribution in [2.45, 2.75) is 0 Å². The Balaban J connectivity index is 2.40. The van der Waals surface area contributed by atoms with Gasteiger partial charge < -0.3 is 5.11 Å². The zero-order valence-electron chi connectivity index (χ0n) is 9.62. The first-order valence-corrected chi connectivity index (χ1v) is 5.54. The second-order valence-corrected chi connectivity index (χ2v) is 4.16. The molecule has 5 nitrogen and oxygen atoms in total. The Morgan fingerprint density at radius 2 is 1.47 bits per heavy atom. The van der Waals surface area contributed by atoms with Gasteiger partial charge in [-0.25, -0.2) is 0 Å². The van der Waals surface area contributed by atoms with Crippen LogP contribution in [0.4, 0.5) is 5.69 Å². The molecule has 90 valence electrons. The number of hydrogen-bond acceptors (Lipinski definition) is 4. The van der Waals surface area contributed by atoms with Crippen molar-refractivity contribution in [3.05, 3.63) is 63.6 Å². The minimum atomic E-state index is -0.451. The van der Waals surface area contributed by atoms with E-state index < -0.39 is 11.6 Å². The van der Waals surface area contributed by atoms with Crippen molar-refractivity contribution < 1.29 is 14.7 Å². The van der Waals surface area contributed by atoms with Gasteiger partial charge in [0, 0.05) is 17.2 Å². The van der Waals surface area contributed by atoms with Crippen LogP contribution in [0.3, 0.4) is 0 Å². The molecule has 0 heterocycles. The molecule has 3 rings (SSSR count). The maximum absolute atomic E-state index is 12.4. The number of rotatable bonds is 0. The van der Waals surface area contributed by atoms with Gasteiger partial charge in [0.15, 0.2) is 10.8 Å². The van der Waals surface area contributed by atoms with Gasteiger partial charge in [-0.15, -0.1) is 0 Å². The van der Waals surface area contributed by atoms with Crippen molar-refractivity contribution in [1.82, 2.24) is 0 Å². The SMILES string of the molecule is N#[N+]c1cccc2c1C(=O)c1cccc(O)c1C2=O. The van der Waals surface area contributed by atoms with Gasteiger partial charge in [-0.05, 0) is 12.1 Å². The lowest BCUT2D eigenvalue weighted by Crippen LogP contribution is -2.20. The molecule has 0 amide bonds. The Hall–Kier alpha value is -3.00. The molecule has 0 aromatic heterocycles. The van der Waals surface area contributed by atoms with E-state index in [-0.39, 0.29) is 33.7 Å². The third-order valence-corrected chi connectivity index (χ3v) is 3.14. The van der Waals surface area contributed by atoms with E-state index in [1.165, 1.54) is 36.4 Å². The Bertz CT molecular complexity index is 788. The average molecular weight is 251 g/mol. The number of phenolic OH excluding ortho intramolecular Hbond substituents is 1. The average Bonchev–Trinajstić information content (AvgIpc) is 2.43. The maximum atomic E-state index is 12.4. The van der Waals surface area contributed by atoms with Crippen LogP contribution >= 0.6 is 0 Å². The molecule has 2 aromatic carbocycles. The van der Waals surface area contributed by atoms with Crippen molar-refractivity contribution >= 4 is 17.3 Å². The number of carbonyl (C=O) groups excluding carboxylic acids is 2. The predicted octanol–water partition coefficient (Wildman–Crippen LogP) is 2.65. The third-order valence-electron chi connectivity index (χ3n) is 3.14. The van der Waals surface area contributed by atoms with Crippen LogP contribution in [-0.4, -0.2) is 16.7 Å². The summed E-state index contributed by atoms with van der Waals surface area (Å²) in [7, 11) is 0. The van der Waals surface area contributed by atoms with E-state index in [9.17, 15) is 14.7 Å². The zero-order valence-corrected chi connectivity index (χ0v) is 9.62. The summed E-state index contributed by atoms with van der Waals surface area (Å²) in [6.07, 6.45) is 0. The van der Waals surface area contributed by atoms with E-state index in [1.807, 2.05) is 0 Å². The van der Waals surface area contributed by atoms with E-state index in [0.717, 1.165) is 0 Å². The highest BCUT2D eigenvalue weighted by Crippen LogP contribution is 2.36. The maximum Gasteiger partial charge on any atom is 0.396 e. The van der Waals surface area contributed by atoms with Crippen LogP contribution in [0.1, 0.15) is 31.8 Å². The molecule has 0 bridgehead atoms. The Morgan fingerprint density at radius 1 is 0.895 bits per heavy atom. The second kappa shape index (κ2) is 3.75. The smallest absolute Gasteiger partial charge is 0.396 e. The topological polar surface area (TPSA) is 82.5 Å². The molecule has 0 aliphatic heterocycles. The molecule has 0 unspecified atom stereocenters. The Kier molecular flexibility index (Phi) is 2.19. The summed E-state index contributed by atoms with van der Waals surface area (Å²) >= 11 is 0. The molecule has 0 spiro atoms. The summed E-state index contributed by atoms with van der Waals surface area (Å²) in [6, 6.07) is 8.74. The second-order valence-electron chi connectivity index (χ2n) is 4.16. The molecule has 2 aromatic rings. The van der Waals surface area contributed by atoms with Crippen molar-refractivity contribution in [3.8, 4) is 5.75 Å². The standard InChI is InChI=1S/C14H6N2O3/c15-16-9-5-1-3-7-11(9)13(18)8-4-2-6-10(17)12(8)14(7)19/h1-6H/p+1. The summed E-state index contributed by atoms with van der Waals surface area (Å²) < 4.78 is 0. The third kappa shape index (κ3) is 1.37. The summed E-state index contributed by atoms with van der Waals surface area (Å²) in [6.45, 7) is 0. The van der Waals surface area contributed by atoms with Gasteiger partial charge in [-0.1, -0.05) is 18.2 Å². The van der Waals surface area contributed by atoms with E-state index in [0.29, 0.717) is 0 Å². The van der Waals surface area contributed by atoms with Crippen molar-refractivity contribution in [2.24, 2.45) is 0 Å². The Labute approximate surface area is 107 Å². The number of hydrogen-bond donors (Lipinski definition) is 1. The summed E-state index contributed by atoms with van der Waals surface area (Å²) in [5, 5.41) is 18.7. The minimum absolute atomic E-state index is 0.00455. The molecule has 0 saturated carbocycles. The van der Waals surface area contributed by atoms with Crippen LogP contribution in [0.2, 0.25) is 0 Å². The van der Waals surface area contributed by atoms with Gasteiger partial charge in [0.25, 0.3) is 0 Å². The normalized spacial score (nSPS) is 12.6. The van der Waals surface area contributed by atoms with E-state index in [1.54, 1.807) is 0 Å². The molecule has 0 saturated heterocycles. The predicted molar refractivity (Wildman–Crippen MR) is 66.2 cm³/mol. The van der Waals surface area contributed by atoms with Gasteiger partial charge in [0.1, 0.15) is 11.3 Å². The summed E-state index contributed by atoms with van der Waals surface area (Å²) in [5.41, 5.74) is 0.357. The summed E-state index contributed by atoms with van der Waals surface area (Å²) in [5.74, 6) is -1.12. The van der Waals surface area contributed by atoms with Crippen molar-refractivity contribution in [3.63, 3.8) is 0 Å². The van der Waals surface area contributed by atoms with E-state index >= 15 is 0 Å². The van der Waals surface area contributed by atoms with Gasteiger partial charge >= 0.3 is 5.69 Å². The molecule has 0 fully saturated rings. The number of diazo groups is 1. The van der Waals surface area contributed by atoms with Crippen molar-refractivity contribution in [2.75, 3.05) is 0 Å². The zero-order chi connectivity index (χ0) is 13.6. The highest BCUT2D eigenvalue weighted by molar-refractivity contribution is 6.31. The number of aromatic hydroxyl groups is 1. The molecule has 0 radical (unpaired) electrons. The van der Waals surface area contributed by atoms with Crippen LogP contribution in [0, 0.1) is 5.39 Å². The monoisotopic (exact) mass is 251 g/mol. The minimum Gasteiger partial charge on any atom is -0.507 e. The van der Waals surface area contributed by atoms with Crippen molar-refractivity contribution in [1.29, 1.82) is 5.39 Å². The molecule has 5 heteroatoms. The van der Waals surface area contributed by atoms with Gasteiger partial charge in [0.05, 0.1) is 5.56 Å². The molecule has 1 aliphatic carbocycles. The number of phenols is 1. The van der Waals surface area contributed by atoms with Crippen LogP contribution in [0.5, 0.6) is 5.75 Å². The van der Waals surface area contributed by atoms with Crippen LogP contribution in [0.25, 0.3) is 4.98 Å². The Morgan fingerprint density at radius 3 is 2.16 bits per heavy atom. The quantitative estimate of drug-likeness (QED) is 0.622. The molecular formula is C14H7N2O3+. The molecular weight excluding hydrogens is 244 g/mol. The molecule has 19 heavy (non-hydrogen) atoms. The van der Waals surface area contributed by atoms with Crippen LogP contribution in [-0.2, 0) is 0 Å². The lowest BCUT2D eigenvalue weighted by molar-refractivity contribution is 0.0977. The van der Waals surface area contributed by atoms with Crippen LogP contribution < -0.4 is 0 Å². The fraction of sp³-hybridized carbons (Fsp3) is 0. The number of nitrogens with zero attached hydrogens (tertiary/aromatic N) is 2. The number of benzene rings is 2. The van der Waals surface area contributed by atoms with E-state index in [4.69, 9.17) is 5.39 Å². The first kappa shape index (κ1) is 11.1. The molecule has 1 N–H and O–H groups in total. The molecule has 1 aliphatic rings. The first-order chi connectivity index (χ1) is 9.15. The van der Waals surface area contributed by atoms with Crippen LogP contribution in [0.15, 0.2) is 36.4 Å². The number of carbonyl (C=O) groups is 2. The summed E-state index contributed by atoms with van der Waals surface area (Å²) in [4.78, 5) is 27.7. The lowest BCUT2D eigenvalue weighted by Gasteiger charge is -2.16. The van der Waals surface area contributed by atoms with Gasteiger partial charge in [-0.2, -0.15) is 0 Å². The largest absolute Gasteiger partial charge is 0.507 e. The fourth-order valence-electron chi connectivity index (χ4n) is 2.29. The highest BCUT2D eigenvalue weighted by Gasteiger charge is 2.37. The van der Waals surface area contributed by atoms with Gasteiger partial charge in [0.2, 0.25) is 11.2 Å². The van der Waals surface area contributed by atoms with Gasteiger partial charge in [-0.3, -0.25) is 9.59 Å². The number of ketones is 2. The fourth-order valence-corrected chi connectivity index (χ4v) is 2.29. The lowest BCUT2D eigenvalue weighted by atomic mass is 9.83. The number of fused-ring (bicyclic) bond motifs is 2. The molecule has 0 atom stereocenters. The first-order valence-electron chi connectivity index (χ1n) is 5.54. The highest BCUT2D eigenvalue weighted by atomic mass is 16.3.